The molecule has 1 aliphatic carbocycles. The van der Waals surface area contributed by atoms with Gasteiger partial charge in [0.25, 0.3) is 0 Å². The maximum Gasteiger partial charge on any atom is 0.122 e. The molecule has 4 rings (SSSR count). The van der Waals surface area contributed by atoms with Crippen LogP contribution in [0.4, 0.5) is 0 Å². The first kappa shape index (κ1) is 15.9. The van der Waals surface area contributed by atoms with Gasteiger partial charge in [0.1, 0.15) is 5.82 Å². The number of rotatable bonds is 4. The van der Waals surface area contributed by atoms with Crippen LogP contribution < -0.4 is 5.32 Å². The molecule has 1 N–H and O–H groups in total. The highest BCUT2D eigenvalue weighted by atomic mass is 15.1. The van der Waals surface area contributed by atoms with Crippen molar-refractivity contribution >= 4 is 0 Å². The zero-order chi connectivity index (χ0) is 16.6. The second-order valence-corrected chi connectivity index (χ2v) is 7.39. The van der Waals surface area contributed by atoms with E-state index in [1.807, 2.05) is 12.4 Å². The van der Waals surface area contributed by atoms with Crippen molar-refractivity contribution in [3.63, 3.8) is 0 Å². The Morgan fingerprint density at radius 3 is 2.75 bits per heavy atom. The molecule has 2 aliphatic rings. The van der Waals surface area contributed by atoms with Gasteiger partial charge in [-0.15, -0.1) is 0 Å². The van der Waals surface area contributed by atoms with Gasteiger partial charge in [0, 0.05) is 25.5 Å². The minimum atomic E-state index is 0.377. The van der Waals surface area contributed by atoms with Gasteiger partial charge in [-0.3, -0.25) is 0 Å². The molecule has 0 saturated carbocycles. The Balaban J connectivity index is 1.54. The average Bonchev–Trinajstić information content (AvgIpc) is 3.16. The van der Waals surface area contributed by atoms with Gasteiger partial charge in [0.2, 0.25) is 0 Å². The molecule has 1 spiro atoms. The standard InChI is InChI=1S/C20H28N4/c1-3-24-11-8-20(9-12-24)14-18(16-6-4-5-7-17(16)20)22-15-19-21-10-13-23(19)2/h4-7,10,13,18,22H,3,8-9,11-12,14-15H2,1-2H3/t18-/m0/s1. The summed E-state index contributed by atoms with van der Waals surface area (Å²) in [5.41, 5.74) is 3.48. The van der Waals surface area contributed by atoms with Crippen LogP contribution in [-0.4, -0.2) is 34.1 Å². The van der Waals surface area contributed by atoms with Gasteiger partial charge < -0.3 is 14.8 Å². The van der Waals surface area contributed by atoms with Gasteiger partial charge >= 0.3 is 0 Å². The van der Waals surface area contributed by atoms with Crippen LogP contribution in [0.3, 0.4) is 0 Å². The molecule has 0 bridgehead atoms. The Morgan fingerprint density at radius 2 is 2.04 bits per heavy atom. The molecule has 1 aromatic carbocycles. The highest BCUT2D eigenvalue weighted by Crippen LogP contribution is 2.50. The highest BCUT2D eigenvalue weighted by Gasteiger charge is 2.44. The minimum Gasteiger partial charge on any atom is -0.337 e. The lowest BCUT2D eigenvalue weighted by Gasteiger charge is -2.40. The molecule has 2 aromatic rings. The SMILES string of the molecule is CCN1CCC2(CC1)C[C@H](NCc1nccn1C)c1ccccc12. The van der Waals surface area contributed by atoms with Crippen LogP contribution >= 0.6 is 0 Å². The third-order valence-electron chi connectivity index (χ3n) is 6.19. The van der Waals surface area contributed by atoms with Crippen molar-refractivity contribution in [3.8, 4) is 0 Å². The molecular formula is C20H28N4. The summed E-state index contributed by atoms with van der Waals surface area (Å²) >= 11 is 0. The molecule has 1 atom stereocenters. The lowest BCUT2D eigenvalue weighted by molar-refractivity contribution is 0.158. The maximum atomic E-state index is 4.45. The number of hydrogen-bond acceptors (Lipinski definition) is 3. The fraction of sp³-hybridized carbons (Fsp3) is 0.550. The summed E-state index contributed by atoms with van der Waals surface area (Å²) in [6.07, 6.45) is 7.70. The molecule has 0 amide bonds. The van der Waals surface area contributed by atoms with E-state index in [0.29, 0.717) is 11.5 Å². The largest absolute Gasteiger partial charge is 0.337 e. The van der Waals surface area contributed by atoms with Crippen LogP contribution in [0.2, 0.25) is 0 Å². The fourth-order valence-electron chi connectivity index (χ4n) is 4.63. The second kappa shape index (κ2) is 6.34. The van der Waals surface area contributed by atoms with E-state index in [1.165, 1.54) is 44.5 Å². The first-order valence-corrected chi connectivity index (χ1v) is 9.23. The summed E-state index contributed by atoms with van der Waals surface area (Å²) in [6.45, 7) is 6.75. The van der Waals surface area contributed by atoms with E-state index in [1.54, 1.807) is 5.56 Å². The van der Waals surface area contributed by atoms with Gasteiger partial charge in [-0.25, -0.2) is 4.98 Å². The van der Waals surface area contributed by atoms with Crippen molar-refractivity contribution in [2.24, 2.45) is 7.05 Å². The number of aromatic nitrogens is 2. The monoisotopic (exact) mass is 324 g/mol. The molecule has 128 valence electrons. The Bertz CT molecular complexity index is 697. The number of piperidine rings is 1. The third-order valence-corrected chi connectivity index (χ3v) is 6.19. The molecule has 0 radical (unpaired) electrons. The molecule has 2 heterocycles. The van der Waals surface area contributed by atoms with Crippen LogP contribution in [0.1, 0.15) is 49.2 Å². The molecular weight excluding hydrogens is 296 g/mol. The van der Waals surface area contributed by atoms with E-state index in [-0.39, 0.29) is 0 Å². The quantitative estimate of drug-likeness (QED) is 0.938. The van der Waals surface area contributed by atoms with Crippen LogP contribution in [0.25, 0.3) is 0 Å². The normalized spacial score (nSPS) is 22.8. The summed E-state index contributed by atoms with van der Waals surface area (Å²) < 4.78 is 2.10. The molecule has 1 aromatic heterocycles. The Hall–Kier alpha value is -1.65. The number of aryl methyl sites for hydroxylation is 1. The molecule has 0 unspecified atom stereocenters. The van der Waals surface area contributed by atoms with Crippen molar-refractivity contribution in [2.45, 2.75) is 44.2 Å². The van der Waals surface area contributed by atoms with Gasteiger partial charge in [-0.05, 0) is 55.4 Å². The van der Waals surface area contributed by atoms with Crippen molar-refractivity contribution in [1.82, 2.24) is 19.8 Å². The lowest BCUT2D eigenvalue weighted by Crippen LogP contribution is -2.41. The number of likely N-dealkylation sites (tertiary alicyclic amines) is 1. The van der Waals surface area contributed by atoms with Crippen LogP contribution in [0, 0.1) is 0 Å². The van der Waals surface area contributed by atoms with E-state index in [0.717, 1.165) is 12.4 Å². The van der Waals surface area contributed by atoms with Crippen LogP contribution in [-0.2, 0) is 19.0 Å². The molecule has 4 nitrogen and oxygen atoms in total. The molecule has 1 aliphatic heterocycles. The average molecular weight is 324 g/mol. The molecule has 4 heteroatoms. The number of benzene rings is 1. The third kappa shape index (κ3) is 2.68. The van der Waals surface area contributed by atoms with Gasteiger partial charge in [0.05, 0.1) is 6.54 Å². The fourth-order valence-corrected chi connectivity index (χ4v) is 4.63. The number of nitrogens with one attached hydrogen (secondary N) is 1. The van der Waals surface area contributed by atoms with Crippen molar-refractivity contribution in [1.29, 1.82) is 0 Å². The topological polar surface area (TPSA) is 33.1 Å². The van der Waals surface area contributed by atoms with E-state index >= 15 is 0 Å². The zero-order valence-electron chi connectivity index (χ0n) is 14.8. The van der Waals surface area contributed by atoms with E-state index in [9.17, 15) is 0 Å². The number of nitrogens with zero attached hydrogens (tertiary/aromatic N) is 3. The highest BCUT2D eigenvalue weighted by molar-refractivity contribution is 5.42. The Morgan fingerprint density at radius 1 is 1.25 bits per heavy atom. The van der Waals surface area contributed by atoms with Crippen molar-refractivity contribution in [2.75, 3.05) is 19.6 Å². The lowest BCUT2D eigenvalue weighted by atomic mass is 9.73. The number of fused-ring (bicyclic) bond motifs is 2. The van der Waals surface area contributed by atoms with E-state index in [4.69, 9.17) is 0 Å². The first-order valence-electron chi connectivity index (χ1n) is 9.23. The summed E-state index contributed by atoms with van der Waals surface area (Å²) in [4.78, 5) is 7.04. The Labute approximate surface area is 144 Å². The maximum absolute atomic E-state index is 4.45. The van der Waals surface area contributed by atoms with E-state index in [2.05, 4.69) is 58.0 Å². The minimum absolute atomic E-state index is 0.377. The van der Waals surface area contributed by atoms with Crippen LogP contribution in [0.15, 0.2) is 36.7 Å². The first-order chi connectivity index (χ1) is 11.7. The summed E-state index contributed by atoms with van der Waals surface area (Å²) in [6, 6.07) is 9.56. The van der Waals surface area contributed by atoms with E-state index < -0.39 is 0 Å². The van der Waals surface area contributed by atoms with Crippen molar-refractivity contribution < 1.29 is 0 Å². The number of hydrogen-bond donors (Lipinski definition) is 1. The predicted octanol–water partition coefficient (Wildman–Crippen LogP) is 3.01. The second-order valence-electron chi connectivity index (χ2n) is 7.39. The summed E-state index contributed by atoms with van der Waals surface area (Å²) in [5.74, 6) is 1.11. The molecule has 1 saturated heterocycles. The predicted molar refractivity (Wildman–Crippen MR) is 96.9 cm³/mol. The molecule has 1 fully saturated rings. The summed E-state index contributed by atoms with van der Waals surface area (Å²) in [7, 11) is 2.06. The van der Waals surface area contributed by atoms with Gasteiger partial charge in [-0.1, -0.05) is 31.2 Å². The van der Waals surface area contributed by atoms with Gasteiger partial charge in [-0.2, -0.15) is 0 Å². The smallest absolute Gasteiger partial charge is 0.122 e. The zero-order valence-corrected chi connectivity index (χ0v) is 14.8. The summed E-state index contributed by atoms with van der Waals surface area (Å²) in [5, 5.41) is 3.78. The number of imidazole rings is 1. The Kier molecular flexibility index (Phi) is 4.19. The van der Waals surface area contributed by atoms with Crippen molar-refractivity contribution in [3.05, 3.63) is 53.6 Å². The van der Waals surface area contributed by atoms with Gasteiger partial charge in [0.15, 0.2) is 0 Å². The molecule has 24 heavy (non-hydrogen) atoms. The van der Waals surface area contributed by atoms with Crippen LogP contribution in [0.5, 0.6) is 0 Å².